The molecule has 4 rings (SSSR count). The van der Waals surface area contributed by atoms with Crippen LogP contribution in [0.5, 0.6) is 0 Å². The van der Waals surface area contributed by atoms with Crippen molar-refractivity contribution in [3.05, 3.63) is 35.4 Å². The summed E-state index contributed by atoms with van der Waals surface area (Å²) in [6.45, 7) is 1.96. The Labute approximate surface area is 136 Å². The van der Waals surface area contributed by atoms with Crippen LogP contribution in [-0.2, 0) is 0 Å². The maximum Gasteiger partial charge on any atom is 0.180 e. The van der Waals surface area contributed by atoms with Crippen molar-refractivity contribution in [1.82, 2.24) is 19.9 Å². The molecule has 0 spiro atoms. The van der Waals surface area contributed by atoms with Crippen molar-refractivity contribution >= 4 is 32.9 Å². The molecule has 0 aliphatic heterocycles. The lowest BCUT2D eigenvalue weighted by Gasteiger charge is -2.00. The molecule has 22 heavy (non-hydrogen) atoms. The Morgan fingerprint density at radius 2 is 1.91 bits per heavy atom. The lowest BCUT2D eigenvalue weighted by Crippen LogP contribution is -1.93. The van der Waals surface area contributed by atoms with Crippen molar-refractivity contribution in [3.63, 3.8) is 0 Å². The van der Waals surface area contributed by atoms with E-state index < -0.39 is 0 Å². The Balaban J connectivity index is 0.000000202. The Hall–Kier alpha value is -2.06. The predicted molar refractivity (Wildman–Crippen MR) is 90.8 cm³/mol. The maximum atomic E-state index is 5.69. The monoisotopic (exact) mass is 332 g/mol. The molecule has 0 saturated heterocycles. The quantitative estimate of drug-likeness (QED) is 0.747. The first kappa shape index (κ1) is 14.9. The summed E-state index contributed by atoms with van der Waals surface area (Å²) >= 11 is 2.93. The number of thiazole rings is 2. The average Bonchev–Trinajstić information content (AvgIpc) is 3.16. The van der Waals surface area contributed by atoms with Gasteiger partial charge in [-0.1, -0.05) is 11.3 Å². The van der Waals surface area contributed by atoms with E-state index in [9.17, 15) is 0 Å². The van der Waals surface area contributed by atoms with Crippen molar-refractivity contribution in [2.24, 2.45) is 0 Å². The van der Waals surface area contributed by atoms with Gasteiger partial charge in [0.15, 0.2) is 10.3 Å². The molecule has 1 saturated carbocycles. The van der Waals surface area contributed by atoms with Gasteiger partial charge < -0.3 is 11.5 Å². The highest BCUT2D eigenvalue weighted by Gasteiger charge is 2.26. The first-order valence-electron chi connectivity index (χ1n) is 6.84. The minimum Gasteiger partial charge on any atom is -0.375 e. The second kappa shape index (κ2) is 6.37. The van der Waals surface area contributed by atoms with E-state index in [1.54, 1.807) is 6.20 Å². The van der Waals surface area contributed by atoms with Crippen molar-refractivity contribution in [3.8, 4) is 10.6 Å². The molecule has 8 heteroatoms. The molecular weight excluding hydrogens is 316 g/mol. The van der Waals surface area contributed by atoms with Crippen LogP contribution in [-0.4, -0.2) is 19.9 Å². The highest BCUT2D eigenvalue weighted by atomic mass is 32.1. The number of anilines is 2. The summed E-state index contributed by atoms with van der Waals surface area (Å²) in [6.07, 6.45) is 5.94. The van der Waals surface area contributed by atoms with Gasteiger partial charge in [-0.3, -0.25) is 0 Å². The molecule has 1 fully saturated rings. The fourth-order valence-corrected chi connectivity index (χ4v) is 3.11. The van der Waals surface area contributed by atoms with Gasteiger partial charge in [0, 0.05) is 23.7 Å². The Kier molecular flexibility index (Phi) is 4.30. The number of rotatable bonds is 2. The van der Waals surface area contributed by atoms with Crippen molar-refractivity contribution < 1.29 is 0 Å². The number of hydrogen-bond donors (Lipinski definition) is 2. The van der Waals surface area contributed by atoms with Gasteiger partial charge in [0.05, 0.1) is 16.3 Å². The Morgan fingerprint density at radius 1 is 1.09 bits per heavy atom. The molecule has 3 aromatic heterocycles. The predicted octanol–water partition coefficient (Wildman–Crippen LogP) is 3.09. The summed E-state index contributed by atoms with van der Waals surface area (Å²) in [5.74, 6) is 1.54. The molecule has 1 aliphatic rings. The summed E-state index contributed by atoms with van der Waals surface area (Å²) in [7, 11) is 0. The van der Waals surface area contributed by atoms with E-state index in [1.807, 2.05) is 24.6 Å². The third-order valence-electron chi connectivity index (χ3n) is 3.11. The van der Waals surface area contributed by atoms with Gasteiger partial charge in [0.2, 0.25) is 0 Å². The Bertz CT molecular complexity index is 749. The van der Waals surface area contributed by atoms with Crippen LogP contribution in [0.2, 0.25) is 0 Å². The van der Waals surface area contributed by atoms with Crippen LogP contribution >= 0.6 is 22.7 Å². The summed E-state index contributed by atoms with van der Waals surface area (Å²) < 4.78 is 0. The number of hydrogen-bond acceptors (Lipinski definition) is 8. The summed E-state index contributed by atoms with van der Waals surface area (Å²) in [5, 5.41) is 3.07. The summed E-state index contributed by atoms with van der Waals surface area (Å²) in [6, 6.07) is 1.92. The molecule has 0 atom stereocenters. The third kappa shape index (κ3) is 3.58. The lowest BCUT2D eigenvalue weighted by molar-refractivity contribution is 0.931. The van der Waals surface area contributed by atoms with Crippen LogP contribution in [0.15, 0.2) is 23.8 Å². The van der Waals surface area contributed by atoms with Gasteiger partial charge in [-0.05, 0) is 25.8 Å². The largest absolute Gasteiger partial charge is 0.375 e. The number of nitrogen functional groups attached to an aromatic ring is 2. The van der Waals surface area contributed by atoms with Crippen LogP contribution < -0.4 is 11.5 Å². The van der Waals surface area contributed by atoms with E-state index in [0.717, 1.165) is 22.1 Å². The molecule has 6 nitrogen and oxygen atoms in total. The van der Waals surface area contributed by atoms with Crippen LogP contribution in [0.25, 0.3) is 10.6 Å². The van der Waals surface area contributed by atoms with Crippen molar-refractivity contribution in [1.29, 1.82) is 0 Å². The minimum atomic E-state index is 0.575. The minimum absolute atomic E-state index is 0.575. The van der Waals surface area contributed by atoms with E-state index in [-0.39, 0.29) is 0 Å². The maximum absolute atomic E-state index is 5.69. The van der Waals surface area contributed by atoms with Crippen LogP contribution in [0.3, 0.4) is 0 Å². The van der Waals surface area contributed by atoms with E-state index in [0.29, 0.717) is 16.2 Å². The van der Waals surface area contributed by atoms with Crippen LogP contribution in [0.1, 0.15) is 30.3 Å². The highest BCUT2D eigenvalue weighted by molar-refractivity contribution is 7.18. The fourth-order valence-electron chi connectivity index (χ4n) is 1.93. The smallest absolute Gasteiger partial charge is 0.180 e. The number of nitrogens with zero attached hydrogens (tertiary/aromatic N) is 4. The number of aryl methyl sites for hydroxylation is 1. The molecule has 0 radical (unpaired) electrons. The molecule has 3 heterocycles. The normalized spacial score (nSPS) is 13.5. The highest BCUT2D eigenvalue weighted by Crippen LogP contribution is 2.39. The van der Waals surface area contributed by atoms with Crippen molar-refractivity contribution in [2.45, 2.75) is 25.7 Å². The lowest BCUT2D eigenvalue weighted by atomic mass is 10.3. The molecule has 114 valence electrons. The van der Waals surface area contributed by atoms with Crippen molar-refractivity contribution in [2.75, 3.05) is 11.5 Å². The average molecular weight is 332 g/mol. The standard InChI is InChI=1S/C11H12N4S.C3H4N2S/c1-6-9(16-11(12)14-6)8-4-5-13-10(15-8)7-2-3-7;4-3-5-1-2-6-3/h4-5,7H,2-3H2,1H3,(H2,12,14);1-2H,(H2,4,5). The topological polar surface area (TPSA) is 104 Å². The van der Waals surface area contributed by atoms with Crippen LogP contribution in [0.4, 0.5) is 10.3 Å². The first-order valence-corrected chi connectivity index (χ1v) is 8.54. The Morgan fingerprint density at radius 3 is 2.41 bits per heavy atom. The van der Waals surface area contributed by atoms with Gasteiger partial charge >= 0.3 is 0 Å². The van der Waals surface area contributed by atoms with E-state index in [1.165, 1.54) is 35.5 Å². The molecule has 3 aromatic rings. The SMILES string of the molecule is Cc1nc(N)sc1-c1ccnc(C2CC2)n1.Nc1nccs1. The zero-order valence-corrected chi connectivity index (χ0v) is 13.7. The summed E-state index contributed by atoms with van der Waals surface area (Å²) in [4.78, 5) is 17.9. The van der Waals surface area contributed by atoms with Gasteiger partial charge in [-0.15, -0.1) is 11.3 Å². The molecule has 4 N–H and O–H groups in total. The zero-order chi connectivity index (χ0) is 15.5. The molecule has 1 aliphatic carbocycles. The first-order chi connectivity index (χ1) is 10.6. The third-order valence-corrected chi connectivity index (χ3v) is 4.73. The van der Waals surface area contributed by atoms with Gasteiger partial charge in [-0.25, -0.2) is 19.9 Å². The second-order valence-electron chi connectivity index (χ2n) is 4.91. The van der Waals surface area contributed by atoms with E-state index in [2.05, 4.69) is 19.9 Å². The molecule has 0 bridgehead atoms. The molecular formula is C14H16N6S2. The van der Waals surface area contributed by atoms with Gasteiger partial charge in [0.1, 0.15) is 5.82 Å². The van der Waals surface area contributed by atoms with E-state index >= 15 is 0 Å². The molecule has 0 unspecified atom stereocenters. The van der Waals surface area contributed by atoms with Gasteiger partial charge in [-0.2, -0.15) is 0 Å². The van der Waals surface area contributed by atoms with Gasteiger partial charge in [0.25, 0.3) is 0 Å². The molecule has 0 aromatic carbocycles. The molecule has 0 amide bonds. The number of aromatic nitrogens is 4. The zero-order valence-electron chi connectivity index (χ0n) is 12.1. The van der Waals surface area contributed by atoms with E-state index in [4.69, 9.17) is 11.5 Å². The second-order valence-corrected chi connectivity index (χ2v) is 6.87. The fraction of sp³-hybridized carbons (Fsp3) is 0.286. The number of nitrogens with two attached hydrogens (primary N) is 2. The summed E-state index contributed by atoms with van der Waals surface area (Å²) in [5.41, 5.74) is 12.8. The van der Waals surface area contributed by atoms with Crippen LogP contribution in [0, 0.1) is 6.92 Å².